The second-order valence-electron chi connectivity index (χ2n) is 6.35. The summed E-state index contributed by atoms with van der Waals surface area (Å²) in [7, 11) is 0. The monoisotopic (exact) mass is 468 g/mol. The molecule has 1 aliphatic heterocycles. The van der Waals surface area contributed by atoms with Crippen molar-refractivity contribution in [3.8, 4) is 6.01 Å². The highest BCUT2D eigenvalue weighted by atomic mass is 19.4. The number of non-ortho nitro benzene ring substituents is 1. The van der Waals surface area contributed by atoms with Gasteiger partial charge in [0.1, 0.15) is 0 Å². The first kappa shape index (κ1) is 23.2. The van der Waals surface area contributed by atoms with Gasteiger partial charge in [0.25, 0.3) is 11.8 Å². The van der Waals surface area contributed by atoms with Crippen LogP contribution in [0.3, 0.4) is 0 Å². The average Bonchev–Trinajstić information content (AvgIpc) is 2.71. The standard InChI is InChI=1S/C16H14F6N6O4/c17-15(18,19)11(16(20,21)22)32-14-25-12(23-9-1-3-10(4-2-9)28(29)30)24-13(26-14)27-5-7-31-8-6-27/h1-4,11H,5-8H2,(H,23,24,25,26). The molecule has 0 spiro atoms. The normalized spacial score (nSPS) is 15.0. The number of morpholine rings is 1. The molecule has 0 unspecified atom stereocenters. The molecule has 0 bridgehead atoms. The summed E-state index contributed by atoms with van der Waals surface area (Å²) in [5.74, 6) is -0.653. The molecule has 32 heavy (non-hydrogen) atoms. The van der Waals surface area contributed by atoms with Gasteiger partial charge >= 0.3 is 18.4 Å². The SMILES string of the molecule is O=[N+]([O-])c1ccc(Nc2nc(OC(C(F)(F)F)C(F)(F)F)nc(N3CCOCC3)n2)cc1. The zero-order chi connectivity index (χ0) is 23.5. The molecule has 0 saturated carbocycles. The molecular weight excluding hydrogens is 454 g/mol. The van der Waals surface area contributed by atoms with Crippen LogP contribution in [0.15, 0.2) is 24.3 Å². The predicted octanol–water partition coefficient (Wildman–Crippen LogP) is 3.23. The molecule has 16 heteroatoms. The first-order valence-electron chi connectivity index (χ1n) is 8.84. The number of nitro benzene ring substituents is 1. The largest absolute Gasteiger partial charge is 0.440 e. The zero-order valence-electron chi connectivity index (χ0n) is 15.9. The van der Waals surface area contributed by atoms with Gasteiger partial charge in [-0.2, -0.15) is 41.3 Å². The van der Waals surface area contributed by atoms with E-state index in [-0.39, 0.29) is 43.6 Å². The van der Waals surface area contributed by atoms with Crippen molar-refractivity contribution in [1.82, 2.24) is 15.0 Å². The Labute approximate surface area is 175 Å². The second-order valence-corrected chi connectivity index (χ2v) is 6.35. The second kappa shape index (κ2) is 8.97. The molecule has 0 aliphatic carbocycles. The highest BCUT2D eigenvalue weighted by Crippen LogP contribution is 2.36. The molecule has 3 rings (SSSR count). The molecule has 2 heterocycles. The van der Waals surface area contributed by atoms with Crippen LogP contribution in [-0.4, -0.2) is 64.6 Å². The van der Waals surface area contributed by atoms with Crippen LogP contribution in [0.5, 0.6) is 6.01 Å². The number of alkyl halides is 6. The Bertz CT molecular complexity index is 936. The third-order valence-electron chi connectivity index (χ3n) is 4.05. The Balaban J connectivity index is 1.94. The lowest BCUT2D eigenvalue weighted by atomic mass is 10.3. The Kier molecular flexibility index (Phi) is 6.52. The predicted molar refractivity (Wildman–Crippen MR) is 95.8 cm³/mol. The minimum absolute atomic E-state index is 0.184. The summed E-state index contributed by atoms with van der Waals surface area (Å²) >= 11 is 0. The molecule has 1 fully saturated rings. The van der Waals surface area contributed by atoms with Crippen LogP contribution in [0, 0.1) is 10.1 Å². The Morgan fingerprint density at radius 2 is 1.62 bits per heavy atom. The quantitative estimate of drug-likeness (QED) is 0.388. The van der Waals surface area contributed by atoms with Gasteiger partial charge in [-0.3, -0.25) is 10.1 Å². The minimum Gasteiger partial charge on any atom is -0.440 e. The van der Waals surface area contributed by atoms with Gasteiger partial charge in [0.15, 0.2) is 0 Å². The summed E-state index contributed by atoms with van der Waals surface area (Å²) in [5, 5.41) is 13.3. The van der Waals surface area contributed by atoms with Crippen LogP contribution in [0.2, 0.25) is 0 Å². The fourth-order valence-corrected chi connectivity index (χ4v) is 2.58. The minimum atomic E-state index is -5.77. The maximum Gasteiger partial charge on any atom is 0.434 e. The lowest BCUT2D eigenvalue weighted by Crippen LogP contribution is -2.47. The lowest BCUT2D eigenvalue weighted by molar-refractivity contribution is -0.384. The third kappa shape index (κ3) is 5.83. The molecule has 1 aromatic carbocycles. The molecule has 1 saturated heterocycles. The molecule has 0 amide bonds. The maximum absolute atomic E-state index is 12.9. The van der Waals surface area contributed by atoms with Crippen LogP contribution in [0.1, 0.15) is 0 Å². The van der Waals surface area contributed by atoms with Crippen LogP contribution in [-0.2, 0) is 4.74 Å². The van der Waals surface area contributed by atoms with E-state index in [1.54, 1.807) is 0 Å². The Morgan fingerprint density at radius 1 is 1.03 bits per heavy atom. The van der Waals surface area contributed by atoms with Gasteiger partial charge in [0.2, 0.25) is 11.9 Å². The first-order valence-corrected chi connectivity index (χ1v) is 8.84. The van der Waals surface area contributed by atoms with E-state index in [1.807, 2.05) is 0 Å². The maximum atomic E-state index is 12.9. The third-order valence-corrected chi connectivity index (χ3v) is 4.05. The van der Waals surface area contributed by atoms with E-state index < -0.39 is 35.3 Å². The van der Waals surface area contributed by atoms with E-state index in [1.165, 1.54) is 17.0 Å². The topological polar surface area (TPSA) is 116 Å². The van der Waals surface area contributed by atoms with Gasteiger partial charge in [-0.25, -0.2) is 0 Å². The van der Waals surface area contributed by atoms with Crippen molar-refractivity contribution in [1.29, 1.82) is 0 Å². The number of nitro groups is 1. The summed E-state index contributed by atoms with van der Waals surface area (Å²) in [4.78, 5) is 22.7. The summed E-state index contributed by atoms with van der Waals surface area (Å²) < 4.78 is 86.6. The first-order chi connectivity index (χ1) is 14.9. The fourth-order valence-electron chi connectivity index (χ4n) is 2.58. The van der Waals surface area contributed by atoms with E-state index in [0.29, 0.717) is 0 Å². The van der Waals surface area contributed by atoms with E-state index in [0.717, 1.165) is 12.1 Å². The average molecular weight is 468 g/mol. The van der Waals surface area contributed by atoms with Crippen molar-refractivity contribution in [3.63, 3.8) is 0 Å². The molecular formula is C16H14F6N6O4. The van der Waals surface area contributed by atoms with Gasteiger partial charge in [-0.1, -0.05) is 0 Å². The number of rotatable bonds is 6. The molecule has 2 aromatic rings. The number of halogens is 6. The van der Waals surface area contributed by atoms with Crippen LogP contribution in [0.4, 0.5) is 49.6 Å². The van der Waals surface area contributed by atoms with Gasteiger partial charge in [-0.05, 0) is 12.1 Å². The van der Waals surface area contributed by atoms with E-state index in [4.69, 9.17) is 4.74 Å². The number of benzene rings is 1. The molecule has 174 valence electrons. The molecule has 0 radical (unpaired) electrons. The van der Waals surface area contributed by atoms with Crippen molar-refractivity contribution < 1.29 is 40.7 Å². The molecule has 1 aliphatic rings. The Morgan fingerprint density at radius 3 is 2.16 bits per heavy atom. The smallest absolute Gasteiger partial charge is 0.434 e. The highest BCUT2D eigenvalue weighted by Gasteiger charge is 2.59. The van der Waals surface area contributed by atoms with Crippen molar-refractivity contribution >= 4 is 23.3 Å². The van der Waals surface area contributed by atoms with Crippen molar-refractivity contribution in [2.24, 2.45) is 0 Å². The van der Waals surface area contributed by atoms with E-state index in [9.17, 15) is 36.5 Å². The van der Waals surface area contributed by atoms with Crippen molar-refractivity contribution in [2.75, 3.05) is 36.5 Å². The lowest BCUT2D eigenvalue weighted by Gasteiger charge is -2.27. The van der Waals surface area contributed by atoms with Crippen LogP contribution < -0.4 is 15.0 Å². The number of hydrogen-bond donors (Lipinski definition) is 1. The molecule has 1 N–H and O–H groups in total. The summed E-state index contributed by atoms with van der Waals surface area (Å²) in [6.45, 7) is 0.923. The Hall–Kier alpha value is -3.43. The molecule has 1 aromatic heterocycles. The number of anilines is 3. The zero-order valence-corrected chi connectivity index (χ0v) is 15.9. The van der Waals surface area contributed by atoms with Gasteiger partial charge in [0.05, 0.1) is 18.1 Å². The molecule has 0 atom stereocenters. The van der Waals surface area contributed by atoms with Crippen molar-refractivity contribution in [2.45, 2.75) is 18.5 Å². The van der Waals surface area contributed by atoms with Gasteiger partial charge < -0.3 is 19.7 Å². The summed E-state index contributed by atoms with van der Waals surface area (Å²) in [6, 6.07) is 3.57. The number of ether oxygens (including phenoxy) is 2. The highest BCUT2D eigenvalue weighted by molar-refractivity contribution is 5.56. The van der Waals surface area contributed by atoms with Crippen LogP contribution >= 0.6 is 0 Å². The van der Waals surface area contributed by atoms with Crippen molar-refractivity contribution in [3.05, 3.63) is 34.4 Å². The summed E-state index contributed by atoms with van der Waals surface area (Å²) in [5.41, 5.74) is -0.0497. The van der Waals surface area contributed by atoms with Crippen LogP contribution in [0.25, 0.3) is 0 Å². The molecule has 10 nitrogen and oxygen atoms in total. The fraction of sp³-hybridized carbons (Fsp3) is 0.438. The number of hydrogen-bond acceptors (Lipinski definition) is 9. The number of nitrogens with zero attached hydrogens (tertiary/aromatic N) is 5. The van der Waals surface area contributed by atoms with E-state index in [2.05, 4.69) is 25.0 Å². The van der Waals surface area contributed by atoms with Gasteiger partial charge in [0, 0.05) is 30.9 Å². The van der Waals surface area contributed by atoms with E-state index >= 15 is 0 Å². The number of aromatic nitrogens is 3. The van der Waals surface area contributed by atoms with Gasteiger partial charge in [-0.15, -0.1) is 0 Å². The summed E-state index contributed by atoms with van der Waals surface area (Å²) in [6.07, 6.45) is -15.7. The number of nitrogens with one attached hydrogen (secondary N) is 1.